The molecule has 0 spiro atoms. The minimum atomic E-state index is 1.01. The van der Waals surface area contributed by atoms with Crippen molar-refractivity contribution < 1.29 is 0 Å². The van der Waals surface area contributed by atoms with E-state index in [4.69, 9.17) is 0 Å². The van der Waals surface area contributed by atoms with Gasteiger partial charge in [0, 0.05) is 6.04 Å². The predicted molar refractivity (Wildman–Crippen MR) is 59.3 cm³/mol. The van der Waals surface area contributed by atoms with Gasteiger partial charge in [-0.15, -0.1) is 0 Å². The molecule has 2 aliphatic carbocycles. The molecule has 1 aliphatic heterocycles. The van der Waals surface area contributed by atoms with Gasteiger partial charge in [0.15, 0.2) is 0 Å². The van der Waals surface area contributed by atoms with Gasteiger partial charge < -0.3 is 4.90 Å². The largest absolute Gasteiger partial charge is 0.300 e. The fraction of sp³-hybridized carbons (Fsp3) is 1.00. The second kappa shape index (κ2) is 3.84. The first-order chi connectivity index (χ1) is 6.93. The van der Waals surface area contributed by atoms with Crippen molar-refractivity contribution in [2.75, 3.05) is 13.1 Å². The second-order valence-electron chi connectivity index (χ2n) is 5.69. The number of nitrogens with zero attached hydrogens (tertiary/aromatic N) is 1. The molecule has 1 saturated heterocycles. The van der Waals surface area contributed by atoms with E-state index in [9.17, 15) is 0 Å². The van der Waals surface area contributed by atoms with Crippen molar-refractivity contribution in [3.63, 3.8) is 0 Å². The fourth-order valence-electron chi connectivity index (χ4n) is 4.09. The Hall–Kier alpha value is -0.0400. The molecule has 0 aromatic carbocycles. The third kappa shape index (κ3) is 1.60. The van der Waals surface area contributed by atoms with E-state index in [-0.39, 0.29) is 0 Å². The Morgan fingerprint density at radius 1 is 0.786 bits per heavy atom. The highest BCUT2D eigenvalue weighted by molar-refractivity contribution is 4.95. The predicted octanol–water partition coefficient (Wildman–Crippen LogP) is 3.05. The van der Waals surface area contributed by atoms with Crippen LogP contribution in [0.15, 0.2) is 0 Å². The molecule has 0 amide bonds. The van der Waals surface area contributed by atoms with Gasteiger partial charge in [-0.3, -0.25) is 0 Å². The molecule has 14 heavy (non-hydrogen) atoms. The van der Waals surface area contributed by atoms with Crippen molar-refractivity contribution in [3.05, 3.63) is 0 Å². The zero-order valence-corrected chi connectivity index (χ0v) is 9.25. The SMILES string of the molecule is C1CCCN([C@H]2C[C@@H]3CC[C@H]2C3)CC1. The monoisotopic (exact) mass is 193 g/mol. The molecular formula is C13H23N. The van der Waals surface area contributed by atoms with Crippen LogP contribution >= 0.6 is 0 Å². The Morgan fingerprint density at radius 2 is 1.57 bits per heavy atom. The highest BCUT2D eigenvalue weighted by Crippen LogP contribution is 2.46. The Balaban J connectivity index is 1.63. The van der Waals surface area contributed by atoms with Gasteiger partial charge in [-0.25, -0.2) is 0 Å². The van der Waals surface area contributed by atoms with Crippen LogP contribution in [0.3, 0.4) is 0 Å². The standard InChI is InChI=1S/C13H23N/c1-2-4-8-14(7-3-1)13-10-11-5-6-12(13)9-11/h11-13H,1-10H2/t11-,12+,13+/m1/s1. The van der Waals surface area contributed by atoms with E-state index in [0.29, 0.717) is 0 Å². The molecule has 0 N–H and O–H groups in total. The number of hydrogen-bond donors (Lipinski definition) is 0. The van der Waals surface area contributed by atoms with Gasteiger partial charge in [-0.05, 0) is 57.0 Å². The lowest BCUT2D eigenvalue weighted by Gasteiger charge is -2.33. The van der Waals surface area contributed by atoms with Gasteiger partial charge >= 0.3 is 0 Å². The van der Waals surface area contributed by atoms with Crippen molar-refractivity contribution in [1.29, 1.82) is 0 Å². The summed E-state index contributed by atoms with van der Waals surface area (Å²) in [6, 6.07) is 1.01. The average molecular weight is 193 g/mol. The molecule has 1 nitrogen and oxygen atoms in total. The summed E-state index contributed by atoms with van der Waals surface area (Å²) in [4.78, 5) is 2.84. The van der Waals surface area contributed by atoms with Crippen LogP contribution in [-0.4, -0.2) is 24.0 Å². The first-order valence-electron chi connectivity index (χ1n) is 6.67. The summed E-state index contributed by atoms with van der Waals surface area (Å²) in [6.45, 7) is 2.82. The van der Waals surface area contributed by atoms with E-state index in [1.807, 2.05) is 0 Å². The molecule has 3 atom stereocenters. The molecule has 2 bridgehead atoms. The van der Waals surface area contributed by atoms with E-state index in [0.717, 1.165) is 17.9 Å². The summed E-state index contributed by atoms with van der Waals surface area (Å²) in [6.07, 6.45) is 12.1. The number of fused-ring (bicyclic) bond motifs is 2. The molecule has 3 fully saturated rings. The average Bonchev–Trinajstić information content (AvgIpc) is 2.72. The normalized spacial score (nSPS) is 44.1. The van der Waals surface area contributed by atoms with Crippen LogP contribution in [-0.2, 0) is 0 Å². The molecular weight excluding hydrogens is 170 g/mol. The van der Waals surface area contributed by atoms with Crippen LogP contribution < -0.4 is 0 Å². The second-order valence-corrected chi connectivity index (χ2v) is 5.69. The quantitative estimate of drug-likeness (QED) is 0.618. The van der Waals surface area contributed by atoms with E-state index in [1.54, 1.807) is 25.7 Å². The van der Waals surface area contributed by atoms with Gasteiger partial charge in [0.2, 0.25) is 0 Å². The maximum atomic E-state index is 2.84. The highest BCUT2D eigenvalue weighted by Gasteiger charge is 2.41. The maximum absolute atomic E-state index is 2.84. The molecule has 0 unspecified atom stereocenters. The van der Waals surface area contributed by atoms with Crippen LogP contribution in [0.25, 0.3) is 0 Å². The van der Waals surface area contributed by atoms with Gasteiger partial charge in [0.25, 0.3) is 0 Å². The van der Waals surface area contributed by atoms with E-state index in [2.05, 4.69) is 4.90 Å². The van der Waals surface area contributed by atoms with Gasteiger partial charge in [-0.1, -0.05) is 19.3 Å². The summed E-state index contributed by atoms with van der Waals surface area (Å²) < 4.78 is 0. The zero-order chi connectivity index (χ0) is 9.38. The number of likely N-dealkylation sites (tertiary alicyclic amines) is 1. The molecule has 0 aromatic rings. The first-order valence-corrected chi connectivity index (χ1v) is 6.67. The van der Waals surface area contributed by atoms with Crippen LogP contribution in [0.4, 0.5) is 0 Å². The highest BCUT2D eigenvalue weighted by atomic mass is 15.2. The summed E-state index contributed by atoms with van der Waals surface area (Å²) in [7, 11) is 0. The van der Waals surface area contributed by atoms with E-state index < -0.39 is 0 Å². The first kappa shape index (κ1) is 9.21. The lowest BCUT2D eigenvalue weighted by Crippen LogP contribution is -2.39. The topological polar surface area (TPSA) is 3.24 Å². The fourth-order valence-corrected chi connectivity index (χ4v) is 4.09. The van der Waals surface area contributed by atoms with Gasteiger partial charge in [0.05, 0.1) is 0 Å². The third-order valence-corrected chi connectivity index (χ3v) is 4.81. The number of rotatable bonds is 1. The van der Waals surface area contributed by atoms with Crippen LogP contribution in [0, 0.1) is 11.8 Å². The van der Waals surface area contributed by atoms with Gasteiger partial charge in [-0.2, -0.15) is 0 Å². The third-order valence-electron chi connectivity index (χ3n) is 4.81. The van der Waals surface area contributed by atoms with Crippen LogP contribution in [0.2, 0.25) is 0 Å². The Kier molecular flexibility index (Phi) is 2.53. The zero-order valence-electron chi connectivity index (χ0n) is 9.25. The Morgan fingerprint density at radius 3 is 2.14 bits per heavy atom. The van der Waals surface area contributed by atoms with Crippen molar-refractivity contribution in [2.45, 2.75) is 57.4 Å². The minimum absolute atomic E-state index is 1.01. The Bertz CT molecular complexity index is 193. The molecule has 0 aromatic heterocycles. The summed E-state index contributed by atoms with van der Waals surface area (Å²) >= 11 is 0. The molecule has 0 radical (unpaired) electrons. The minimum Gasteiger partial charge on any atom is -0.300 e. The smallest absolute Gasteiger partial charge is 0.0126 e. The van der Waals surface area contributed by atoms with E-state index in [1.165, 1.54) is 38.8 Å². The lowest BCUT2D eigenvalue weighted by atomic mass is 9.94. The van der Waals surface area contributed by atoms with Crippen LogP contribution in [0.5, 0.6) is 0 Å². The summed E-state index contributed by atoms with van der Waals surface area (Å²) in [5.74, 6) is 2.21. The van der Waals surface area contributed by atoms with Crippen molar-refractivity contribution >= 4 is 0 Å². The molecule has 3 aliphatic rings. The molecule has 1 heterocycles. The molecule has 2 saturated carbocycles. The summed E-state index contributed by atoms with van der Waals surface area (Å²) in [5.41, 5.74) is 0. The van der Waals surface area contributed by atoms with Crippen molar-refractivity contribution in [3.8, 4) is 0 Å². The summed E-state index contributed by atoms with van der Waals surface area (Å²) in [5, 5.41) is 0. The lowest BCUT2D eigenvalue weighted by molar-refractivity contribution is 0.147. The number of hydrogen-bond acceptors (Lipinski definition) is 1. The van der Waals surface area contributed by atoms with Gasteiger partial charge in [0.1, 0.15) is 0 Å². The van der Waals surface area contributed by atoms with Crippen molar-refractivity contribution in [1.82, 2.24) is 4.90 Å². The Labute approximate surface area is 87.9 Å². The maximum Gasteiger partial charge on any atom is 0.0126 e. The molecule has 1 heteroatoms. The van der Waals surface area contributed by atoms with Crippen molar-refractivity contribution in [2.24, 2.45) is 11.8 Å². The molecule has 80 valence electrons. The van der Waals surface area contributed by atoms with E-state index >= 15 is 0 Å². The van der Waals surface area contributed by atoms with Crippen LogP contribution in [0.1, 0.15) is 51.4 Å². The molecule has 3 rings (SSSR count).